The summed E-state index contributed by atoms with van der Waals surface area (Å²) in [6.07, 6.45) is 4.82. The minimum absolute atomic E-state index is 0.0507. The summed E-state index contributed by atoms with van der Waals surface area (Å²) in [6.45, 7) is 1.68. The molecular weight excluding hydrogens is 312 g/mol. The lowest BCUT2D eigenvalue weighted by molar-refractivity contribution is -0.139. The number of aryl methyl sites for hydroxylation is 1. The topological polar surface area (TPSA) is 97.3 Å². The number of hydrogen-bond acceptors (Lipinski definition) is 5. The maximum Gasteiger partial charge on any atom is 0.328 e. The molecule has 1 aliphatic rings. The van der Waals surface area contributed by atoms with Gasteiger partial charge in [0.2, 0.25) is 5.91 Å². The van der Waals surface area contributed by atoms with Crippen molar-refractivity contribution < 1.29 is 9.53 Å². The average molecular weight is 330 g/mol. The summed E-state index contributed by atoms with van der Waals surface area (Å²) in [5.41, 5.74) is -0.0209. The number of aromatic nitrogens is 3. The molecular formula is C16H18N4O4. The summed E-state index contributed by atoms with van der Waals surface area (Å²) >= 11 is 0. The Morgan fingerprint density at radius 2 is 2.25 bits per heavy atom. The highest BCUT2D eigenvalue weighted by molar-refractivity contribution is 5.76. The number of nitrogens with zero attached hydrogens (tertiary/aromatic N) is 3. The largest absolute Gasteiger partial charge is 0.370 e. The van der Waals surface area contributed by atoms with Crippen LogP contribution in [0.15, 0.2) is 46.4 Å². The first-order valence-electron chi connectivity index (χ1n) is 7.72. The maximum atomic E-state index is 12.4. The number of rotatable bonds is 4. The van der Waals surface area contributed by atoms with Crippen molar-refractivity contribution in [2.75, 3.05) is 19.7 Å². The van der Waals surface area contributed by atoms with Gasteiger partial charge in [0.05, 0.1) is 13.2 Å². The van der Waals surface area contributed by atoms with E-state index in [0.29, 0.717) is 19.7 Å². The molecule has 1 atom stereocenters. The van der Waals surface area contributed by atoms with Crippen molar-refractivity contribution in [3.63, 3.8) is 0 Å². The van der Waals surface area contributed by atoms with E-state index >= 15 is 0 Å². The van der Waals surface area contributed by atoms with Crippen molar-refractivity contribution in [3.05, 3.63) is 63.2 Å². The number of carbonyl (C=O) groups excluding carboxylic acids is 1. The van der Waals surface area contributed by atoms with E-state index in [9.17, 15) is 14.4 Å². The van der Waals surface area contributed by atoms with E-state index in [1.54, 1.807) is 17.3 Å². The number of pyridine rings is 1. The molecule has 1 N–H and O–H groups in total. The molecule has 1 unspecified atom stereocenters. The molecule has 0 spiro atoms. The molecule has 0 radical (unpaired) electrons. The van der Waals surface area contributed by atoms with E-state index in [4.69, 9.17) is 4.74 Å². The molecule has 24 heavy (non-hydrogen) atoms. The van der Waals surface area contributed by atoms with Crippen LogP contribution in [-0.2, 0) is 16.1 Å². The normalized spacial score (nSPS) is 17.7. The molecule has 1 aliphatic heterocycles. The zero-order valence-electron chi connectivity index (χ0n) is 13.1. The molecule has 8 heteroatoms. The Hall–Kier alpha value is -2.74. The molecule has 2 aromatic heterocycles. The van der Waals surface area contributed by atoms with Gasteiger partial charge in [-0.05, 0) is 6.07 Å². The van der Waals surface area contributed by atoms with Gasteiger partial charge in [0.1, 0.15) is 6.10 Å². The minimum atomic E-state index is -0.509. The zero-order chi connectivity index (χ0) is 16.9. The molecule has 1 fully saturated rings. The summed E-state index contributed by atoms with van der Waals surface area (Å²) in [7, 11) is 0. The van der Waals surface area contributed by atoms with E-state index < -0.39 is 11.2 Å². The van der Waals surface area contributed by atoms with E-state index in [-0.39, 0.29) is 25.0 Å². The van der Waals surface area contributed by atoms with Crippen molar-refractivity contribution >= 4 is 5.91 Å². The van der Waals surface area contributed by atoms with Crippen molar-refractivity contribution in [1.29, 1.82) is 0 Å². The zero-order valence-corrected chi connectivity index (χ0v) is 13.1. The van der Waals surface area contributed by atoms with E-state index in [0.717, 1.165) is 5.56 Å². The highest BCUT2D eigenvalue weighted by atomic mass is 16.5. The Bertz CT molecular complexity index is 815. The number of ether oxygens (including phenoxy) is 1. The van der Waals surface area contributed by atoms with Gasteiger partial charge < -0.3 is 14.2 Å². The van der Waals surface area contributed by atoms with E-state index in [1.165, 1.54) is 16.8 Å². The lowest BCUT2D eigenvalue weighted by Crippen LogP contribution is -2.42. The van der Waals surface area contributed by atoms with Gasteiger partial charge in [-0.2, -0.15) is 0 Å². The first-order valence-corrected chi connectivity index (χ1v) is 7.72. The Morgan fingerprint density at radius 1 is 1.38 bits per heavy atom. The second-order valence-corrected chi connectivity index (χ2v) is 5.54. The van der Waals surface area contributed by atoms with Gasteiger partial charge in [-0.15, -0.1) is 0 Å². The van der Waals surface area contributed by atoms with E-state index in [2.05, 4.69) is 9.97 Å². The number of aromatic amines is 1. The number of morpholine rings is 1. The second kappa shape index (κ2) is 7.22. The van der Waals surface area contributed by atoms with Crippen LogP contribution in [0.3, 0.4) is 0 Å². The Labute approximate surface area is 137 Å². The first-order chi connectivity index (χ1) is 11.6. The van der Waals surface area contributed by atoms with Crippen molar-refractivity contribution in [2.24, 2.45) is 0 Å². The Kier molecular flexibility index (Phi) is 4.85. The SMILES string of the molecule is O=C(CCn1ccc(=O)[nH]c1=O)N1CCOC(c2cccnc2)C1. The van der Waals surface area contributed by atoms with Crippen molar-refractivity contribution in [2.45, 2.75) is 19.1 Å². The number of amides is 1. The number of hydrogen-bond donors (Lipinski definition) is 1. The number of H-pyrrole nitrogens is 1. The standard InChI is InChI=1S/C16H18N4O4/c21-14-3-6-19(16(23)18-14)7-4-15(22)20-8-9-24-13(11-20)12-2-1-5-17-10-12/h1-3,5-6,10,13H,4,7-9,11H2,(H,18,21,23). The fraction of sp³-hybridized carbons (Fsp3) is 0.375. The molecule has 0 aromatic carbocycles. The smallest absolute Gasteiger partial charge is 0.328 e. The minimum Gasteiger partial charge on any atom is -0.370 e. The lowest BCUT2D eigenvalue weighted by Gasteiger charge is -2.33. The van der Waals surface area contributed by atoms with Gasteiger partial charge in [0.25, 0.3) is 5.56 Å². The summed E-state index contributed by atoms with van der Waals surface area (Å²) in [6, 6.07) is 5.02. The van der Waals surface area contributed by atoms with Crippen LogP contribution >= 0.6 is 0 Å². The predicted octanol–water partition coefficient (Wildman–Crippen LogP) is -0.0782. The van der Waals surface area contributed by atoms with Crippen LogP contribution in [0.1, 0.15) is 18.1 Å². The molecule has 0 bridgehead atoms. The molecule has 2 aromatic rings. The van der Waals surface area contributed by atoms with Gasteiger partial charge in [-0.3, -0.25) is 19.6 Å². The summed E-state index contributed by atoms with van der Waals surface area (Å²) in [5.74, 6) is -0.0507. The van der Waals surface area contributed by atoms with Crippen molar-refractivity contribution in [3.8, 4) is 0 Å². The number of carbonyl (C=O) groups is 1. The van der Waals surface area contributed by atoms with Gasteiger partial charge in [-0.1, -0.05) is 6.07 Å². The first kappa shape index (κ1) is 16.1. The monoisotopic (exact) mass is 330 g/mol. The molecule has 8 nitrogen and oxygen atoms in total. The third kappa shape index (κ3) is 3.77. The molecule has 3 rings (SSSR count). The second-order valence-electron chi connectivity index (χ2n) is 5.54. The molecule has 1 amide bonds. The van der Waals surface area contributed by atoms with Gasteiger partial charge in [0.15, 0.2) is 0 Å². The Morgan fingerprint density at radius 3 is 3.00 bits per heavy atom. The van der Waals surface area contributed by atoms with Crippen LogP contribution in [0.5, 0.6) is 0 Å². The lowest BCUT2D eigenvalue weighted by atomic mass is 10.1. The van der Waals surface area contributed by atoms with Crippen LogP contribution < -0.4 is 11.2 Å². The molecule has 1 saturated heterocycles. The molecule has 0 saturated carbocycles. The van der Waals surface area contributed by atoms with E-state index in [1.807, 2.05) is 12.1 Å². The van der Waals surface area contributed by atoms with Crippen LogP contribution in [0, 0.1) is 0 Å². The molecule has 126 valence electrons. The van der Waals surface area contributed by atoms with Crippen LogP contribution in [-0.4, -0.2) is 45.0 Å². The van der Waals surface area contributed by atoms with Gasteiger partial charge in [0, 0.05) is 49.7 Å². The van der Waals surface area contributed by atoms with Crippen LogP contribution in [0.4, 0.5) is 0 Å². The third-order valence-corrected chi connectivity index (χ3v) is 3.94. The number of nitrogens with one attached hydrogen (secondary N) is 1. The fourth-order valence-electron chi connectivity index (χ4n) is 2.64. The quantitative estimate of drug-likeness (QED) is 0.846. The maximum absolute atomic E-state index is 12.4. The van der Waals surface area contributed by atoms with Gasteiger partial charge in [-0.25, -0.2) is 4.79 Å². The fourth-order valence-corrected chi connectivity index (χ4v) is 2.64. The Balaban J connectivity index is 1.60. The average Bonchev–Trinajstić information content (AvgIpc) is 2.61. The van der Waals surface area contributed by atoms with Crippen LogP contribution in [0.2, 0.25) is 0 Å². The molecule has 0 aliphatic carbocycles. The summed E-state index contributed by atoms with van der Waals surface area (Å²) in [4.78, 5) is 43.0. The third-order valence-electron chi connectivity index (χ3n) is 3.94. The van der Waals surface area contributed by atoms with Crippen molar-refractivity contribution in [1.82, 2.24) is 19.4 Å². The highest BCUT2D eigenvalue weighted by Gasteiger charge is 2.25. The highest BCUT2D eigenvalue weighted by Crippen LogP contribution is 2.21. The summed E-state index contributed by atoms with van der Waals surface area (Å²) in [5, 5.41) is 0. The predicted molar refractivity (Wildman–Crippen MR) is 85.4 cm³/mol. The van der Waals surface area contributed by atoms with Crippen LogP contribution in [0.25, 0.3) is 0 Å². The molecule has 3 heterocycles. The summed E-state index contributed by atoms with van der Waals surface area (Å²) < 4.78 is 7.03. The van der Waals surface area contributed by atoms with Gasteiger partial charge >= 0.3 is 5.69 Å².